The van der Waals surface area contributed by atoms with Crippen molar-refractivity contribution < 1.29 is 18.5 Å². The fraction of sp³-hybridized carbons (Fsp3) is 0.317. The van der Waals surface area contributed by atoms with Gasteiger partial charge in [-0.25, -0.2) is 4.57 Å². The Labute approximate surface area is 273 Å². The highest BCUT2D eigenvalue weighted by molar-refractivity contribution is 7.48. The quantitative estimate of drug-likeness (QED) is 0.130. The van der Waals surface area contributed by atoms with Crippen LogP contribution < -0.4 is 9.05 Å². The van der Waals surface area contributed by atoms with E-state index in [2.05, 4.69) is 90.6 Å². The lowest BCUT2D eigenvalue weighted by molar-refractivity contribution is 0.294. The SMILES string of the molecule is C=CCc1cc2ccccc2c2c1OP(=O)(O)Oc1c(-c3c(CC(C)C)cc(CC(C)C)cc3CC(C)C)cc3ccccc3c1-2. The first-order chi connectivity index (χ1) is 22.0. The van der Waals surface area contributed by atoms with E-state index >= 15 is 0 Å². The average Bonchev–Trinajstić information content (AvgIpc) is 3.10. The lowest BCUT2D eigenvalue weighted by atomic mass is 9.81. The molecule has 6 rings (SSSR count). The largest absolute Gasteiger partial charge is 0.584 e. The Hall–Kier alpha value is -3.85. The van der Waals surface area contributed by atoms with Crippen molar-refractivity contribution in [2.75, 3.05) is 0 Å². The minimum absolute atomic E-state index is 0.377. The van der Waals surface area contributed by atoms with Crippen molar-refractivity contribution in [1.82, 2.24) is 0 Å². The van der Waals surface area contributed by atoms with Gasteiger partial charge in [0.15, 0.2) is 0 Å². The van der Waals surface area contributed by atoms with E-state index in [0.717, 1.165) is 68.6 Å². The topological polar surface area (TPSA) is 55.8 Å². The van der Waals surface area contributed by atoms with E-state index in [1.807, 2.05) is 30.3 Å². The molecule has 0 bridgehead atoms. The van der Waals surface area contributed by atoms with Crippen molar-refractivity contribution in [1.29, 1.82) is 0 Å². The first-order valence-corrected chi connectivity index (χ1v) is 18.0. The maximum absolute atomic E-state index is 14.0. The monoisotopic (exact) mass is 632 g/mol. The summed E-state index contributed by atoms with van der Waals surface area (Å²) in [6, 6.07) is 25.3. The number of hydrogen-bond acceptors (Lipinski definition) is 3. The number of benzene rings is 5. The van der Waals surface area contributed by atoms with Gasteiger partial charge in [0.1, 0.15) is 11.5 Å². The molecule has 1 aliphatic heterocycles. The Bertz CT molecular complexity index is 1970. The summed E-state index contributed by atoms with van der Waals surface area (Å²) in [6.45, 7) is 17.5. The highest BCUT2D eigenvalue weighted by Crippen LogP contribution is 2.61. The van der Waals surface area contributed by atoms with Crippen molar-refractivity contribution in [2.24, 2.45) is 17.8 Å². The van der Waals surface area contributed by atoms with E-state index < -0.39 is 7.82 Å². The fourth-order valence-electron chi connectivity index (χ4n) is 7.13. The van der Waals surface area contributed by atoms with Crippen LogP contribution in [0.15, 0.2) is 85.5 Å². The second kappa shape index (κ2) is 12.7. The Balaban J connectivity index is 1.82. The highest BCUT2D eigenvalue weighted by atomic mass is 31.2. The van der Waals surface area contributed by atoms with Gasteiger partial charge in [-0.05, 0) is 105 Å². The third-order valence-corrected chi connectivity index (χ3v) is 9.47. The molecule has 5 aromatic rings. The van der Waals surface area contributed by atoms with Crippen molar-refractivity contribution in [3.8, 4) is 33.8 Å². The summed E-state index contributed by atoms with van der Waals surface area (Å²) in [5.74, 6) is 2.13. The Morgan fingerprint density at radius 3 is 1.72 bits per heavy atom. The molecule has 1 heterocycles. The van der Waals surface area contributed by atoms with Crippen LogP contribution in [0.1, 0.15) is 63.8 Å². The van der Waals surface area contributed by atoms with Crippen LogP contribution in [0.3, 0.4) is 0 Å². The number of phosphoric ester groups is 1. The van der Waals surface area contributed by atoms with Gasteiger partial charge in [-0.3, -0.25) is 4.89 Å². The van der Waals surface area contributed by atoms with Gasteiger partial charge in [0.2, 0.25) is 0 Å². The molecule has 0 radical (unpaired) electrons. The van der Waals surface area contributed by atoms with E-state index in [9.17, 15) is 9.46 Å². The molecule has 0 fully saturated rings. The van der Waals surface area contributed by atoms with Gasteiger partial charge in [0.05, 0.1) is 0 Å². The maximum atomic E-state index is 14.0. The Morgan fingerprint density at radius 1 is 0.674 bits per heavy atom. The molecule has 1 N–H and O–H groups in total. The van der Waals surface area contributed by atoms with Crippen LogP contribution >= 0.6 is 7.82 Å². The normalized spacial score (nSPS) is 16.0. The molecule has 0 saturated carbocycles. The van der Waals surface area contributed by atoms with Gasteiger partial charge in [-0.2, -0.15) is 0 Å². The number of phosphoric acid groups is 1. The molecule has 1 atom stereocenters. The predicted octanol–water partition coefficient (Wildman–Crippen LogP) is 11.5. The third kappa shape index (κ3) is 6.26. The maximum Gasteiger partial charge on any atom is 0.584 e. The zero-order chi connectivity index (χ0) is 32.7. The van der Waals surface area contributed by atoms with E-state index in [-0.39, 0.29) is 0 Å². The highest BCUT2D eigenvalue weighted by Gasteiger charge is 2.38. The predicted molar refractivity (Wildman–Crippen MR) is 193 cm³/mol. The van der Waals surface area contributed by atoms with Gasteiger partial charge in [0, 0.05) is 16.7 Å². The van der Waals surface area contributed by atoms with E-state index in [1.54, 1.807) is 6.08 Å². The zero-order valence-corrected chi connectivity index (χ0v) is 28.8. The summed E-state index contributed by atoms with van der Waals surface area (Å²) in [5, 5.41) is 3.95. The summed E-state index contributed by atoms with van der Waals surface area (Å²) in [5.41, 5.74) is 8.12. The second-order valence-corrected chi connectivity index (χ2v) is 15.3. The van der Waals surface area contributed by atoms with Gasteiger partial charge in [0.25, 0.3) is 0 Å². The fourth-order valence-corrected chi connectivity index (χ4v) is 8.03. The summed E-state index contributed by atoms with van der Waals surface area (Å²) in [7, 11) is -4.60. The number of rotatable bonds is 9. The van der Waals surface area contributed by atoms with Crippen LogP contribution in [0, 0.1) is 17.8 Å². The van der Waals surface area contributed by atoms with E-state index in [4.69, 9.17) is 9.05 Å². The molecule has 0 saturated heterocycles. The van der Waals surface area contributed by atoms with Crippen LogP contribution in [-0.2, 0) is 30.2 Å². The zero-order valence-electron chi connectivity index (χ0n) is 27.9. The summed E-state index contributed by atoms with van der Waals surface area (Å²) in [6.07, 6.45) is 5.03. The van der Waals surface area contributed by atoms with Gasteiger partial charge in [-0.15, -0.1) is 6.58 Å². The van der Waals surface area contributed by atoms with Crippen molar-refractivity contribution in [2.45, 2.75) is 67.2 Å². The first kappa shape index (κ1) is 32.1. The molecule has 0 aromatic heterocycles. The van der Waals surface area contributed by atoms with Crippen LogP contribution in [0.4, 0.5) is 0 Å². The minimum atomic E-state index is -4.60. The van der Waals surface area contributed by atoms with E-state index in [0.29, 0.717) is 35.7 Å². The number of allylic oxidation sites excluding steroid dienone is 1. The lowest BCUT2D eigenvalue weighted by Gasteiger charge is -2.24. The lowest BCUT2D eigenvalue weighted by Crippen LogP contribution is -2.08. The molecule has 238 valence electrons. The summed E-state index contributed by atoms with van der Waals surface area (Å²) in [4.78, 5) is 11.4. The molecule has 0 spiro atoms. The third-order valence-electron chi connectivity index (χ3n) is 8.64. The van der Waals surface area contributed by atoms with Crippen molar-refractivity contribution in [3.63, 3.8) is 0 Å². The molecule has 4 nitrogen and oxygen atoms in total. The van der Waals surface area contributed by atoms with Gasteiger partial charge < -0.3 is 9.05 Å². The van der Waals surface area contributed by atoms with Crippen molar-refractivity contribution >= 4 is 29.4 Å². The molecule has 46 heavy (non-hydrogen) atoms. The van der Waals surface area contributed by atoms with Crippen LogP contribution in [0.5, 0.6) is 11.5 Å². The average molecular weight is 633 g/mol. The number of hydrogen-bond donors (Lipinski definition) is 1. The van der Waals surface area contributed by atoms with Crippen LogP contribution in [0.25, 0.3) is 43.8 Å². The van der Waals surface area contributed by atoms with Crippen molar-refractivity contribution in [3.05, 3.63) is 108 Å². The summed E-state index contributed by atoms with van der Waals surface area (Å²) < 4.78 is 26.3. The number of fused-ring (bicyclic) bond motifs is 7. The van der Waals surface area contributed by atoms with Crippen LogP contribution in [0.2, 0.25) is 0 Å². The minimum Gasteiger partial charge on any atom is -0.394 e. The Kier molecular flexibility index (Phi) is 8.89. The molecule has 5 heteroatoms. The smallest absolute Gasteiger partial charge is 0.394 e. The molecule has 5 aromatic carbocycles. The molecule has 0 amide bonds. The second-order valence-electron chi connectivity index (χ2n) is 14.0. The first-order valence-electron chi connectivity index (χ1n) is 16.5. The van der Waals surface area contributed by atoms with Gasteiger partial charge >= 0.3 is 7.82 Å². The molecule has 1 aliphatic rings. The molecule has 1 unspecified atom stereocenters. The van der Waals surface area contributed by atoms with E-state index in [1.165, 1.54) is 16.7 Å². The van der Waals surface area contributed by atoms with Crippen LogP contribution in [-0.4, -0.2) is 4.89 Å². The molecular weight excluding hydrogens is 587 g/mol. The molecular formula is C41H45O4P. The van der Waals surface area contributed by atoms with Gasteiger partial charge in [-0.1, -0.05) is 108 Å². The standard InChI is InChI=1S/C41H45O4P/c1-8-13-31-23-29-14-9-11-16-34(29)38-39-35-17-12-10-15-30(35)24-36(41(39)45-46(42,43)44-40(31)38)37-32(19-26(4)5)21-28(18-25(2)3)22-33(37)20-27(6)7/h8-12,14-17,21-27H,1,13,18-20H2,2-7H3,(H,42,43). The molecule has 0 aliphatic carbocycles. The Morgan fingerprint density at radius 2 is 1.17 bits per heavy atom. The summed E-state index contributed by atoms with van der Waals surface area (Å²) >= 11 is 0.